The number of alkyl halides is 3. The Bertz CT molecular complexity index is 376. The Morgan fingerprint density at radius 3 is 2.29 bits per heavy atom. The number of nitrogens with zero attached hydrogens (tertiary/aromatic N) is 1. The molecule has 0 atom stereocenters. The van der Waals surface area contributed by atoms with Crippen LogP contribution in [0.2, 0.25) is 0 Å². The molecule has 14 heavy (non-hydrogen) atoms. The summed E-state index contributed by atoms with van der Waals surface area (Å²) in [4.78, 5) is 9.39. The van der Waals surface area contributed by atoms with Gasteiger partial charge in [0, 0.05) is 6.07 Å². The third kappa shape index (κ3) is 1.93. The molecule has 1 aromatic carbocycles. The summed E-state index contributed by atoms with van der Waals surface area (Å²) in [6.07, 6.45) is -4.54. The van der Waals surface area contributed by atoms with Crippen LogP contribution >= 0.6 is 0 Å². The summed E-state index contributed by atoms with van der Waals surface area (Å²) in [7, 11) is 0. The van der Waals surface area contributed by atoms with Crippen LogP contribution in [0.4, 0.5) is 24.5 Å². The lowest BCUT2D eigenvalue weighted by molar-refractivity contribution is -0.383. The second-order valence-electron chi connectivity index (χ2n) is 2.53. The molecule has 1 aromatic rings. The Morgan fingerprint density at radius 2 is 1.93 bits per heavy atom. The molecule has 0 heterocycles. The molecule has 0 saturated heterocycles. The minimum atomic E-state index is -4.54. The SMILES string of the molecule is Nc1cc(C(F)(F)F)ccc1[N+](=O)[O-]. The molecular formula is C7H5F3N2O2. The Labute approximate surface area is 76.3 Å². The van der Waals surface area contributed by atoms with Crippen LogP contribution in [0.25, 0.3) is 0 Å². The summed E-state index contributed by atoms with van der Waals surface area (Å²) in [5, 5.41) is 10.2. The first kappa shape index (κ1) is 10.3. The predicted octanol–water partition coefficient (Wildman–Crippen LogP) is 2.20. The summed E-state index contributed by atoms with van der Waals surface area (Å²) in [6, 6.07) is 1.89. The molecule has 7 heteroatoms. The van der Waals surface area contributed by atoms with Gasteiger partial charge in [0.25, 0.3) is 5.69 Å². The molecule has 0 aliphatic heterocycles. The van der Waals surface area contributed by atoms with E-state index >= 15 is 0 Å². The Hall–Kier alpha value is -1.79. The molecule has 76 valence electrons. The lowest BCUT2D eigenvalue weighted by Crippen LogP contribution is -2.06. The summed E-state index contributed by atoms with van der Waals surface area (Å²) < 4.78 is 36.2. The third-order valence-corrected chi connectivity index (χ3v) is 1.55. The molecule has 0 saturated carbocycles. The van der Waals surface area contributed by atoms with Crippen LogP contribution in [0.5, 0.6) is 0 Å². The Morgan fingerprint density at radius 1 is 1.36 bits per heavy atom. The first-order valence-electron chi connectivity index (χ1n) is 3.43. The summed E-state index contributed by atoms with van der Waals surface area (Å²) in [6.45, 7) is 0. The van der Waals surface area contributed by atoms with Crippen molar-refractivity contribution in [2.45, 2.75) is 6.18 Å². The number of benzene rings is 1. The number of halogens is 3. The third-order valence-electron chi connectivity index (χ3n) is 1.55. The average Bonchev–Trinajstić information content (AvgIpc) is 2.01. The predicted molar refractivity (Wildman–Crippen MR) is 42.5 cm³/mol. The summed E-state index contributed by atoms with van der Waals surface area (Å²) in [5.74, 6) is 0. The maximum atomic E-state index is 12.1. The van der Waals surface area contributed by atoms with E-state index < -0.39 is 28.0 Å². The number of rotatable bonds is 1. The molecule has 0 spiro atoms. The van der Waals surface area contributed by atoms with E-state index in [9.17, 15) is 23.3 Å². The molecule has 4 nitrogen and oxygen atoms in total. The smallest absolute Gasteiger partial charge is 0.393 e. The van der Waals surface area contributed by atoms with Crippen LogP contribution in [0.1, 0.15) is 5.56 Å². The zero-order chi connectivity index (χ0) is 10.9. The van der Waals surface area contributed by atoms with Gasteiger partial charge in [0.2, 0.25) is 0 Å². The zero-order valence-electron chi connectivity index (χ0n) is 6.71. The fraction of sp³-hybridized carbons (Fsp3) is 0.143. The molecule has 0 fully saturated rings. The van der Waals surface area contributed by atoms with E-state index in [0.717, 1.165) is 6.07 Å². The fourth-order valence-corrected chi connectivity index (χ4v) is 0.897. The molecule has 0 aliphatic carbocycles. The van der Waals surface area contributed by atoms with E-state index in [1.807, 2.05) is 0 Å². The molecular weight excluding hydrogens is 201 g/mol. The van der Waals surface area contributed by atoms with Gasteiger partial charge in [-0.25, -0.2) is 0 Å². The van der Waals surface area contributed by atoms with Gasteiger partial charge in [0.05, 0.1) is 10.5 Å². The van der Waals surface area contributed by atoms with Gasteiger partial charge in [0.1, 0.15) is 5.69 Å². The van der Waals surface area contributed by atoms with Gasteiger partial charge >= 0.3 is 6.18 Å². The molecule has 1 rings (SSSR count). The quantitative estimate of drug-likeness (QED) is 0.435. The molecule has 0 aromatic heterocycles. The molecule has 0 bridgehead atoms. The van der Waals surface area contributed by atoms with Crippen molar-refractivity contribution in [1.29, 1.82) is 0 Å². The van der Waals surface area contributed by atoms with E-state index in [1.54, 1.807) is 0 Å². The van der Waals surface area contributed by atoms with Gasteiger partial charge in [-0.15, -0.1) is 0 Å². The highest BCUT2D eigenvalue weighted by molar-refractivity contribution is 5.59. The highest BCUT2D eigenvalue weighted by atomic mass is 19.4. The van der Waals surface area contributed by atoms with E-state index in [1.165, 1.54) is 0 Å². The fourth-order valence-electron chi connectivity index (χ4n) is 0.897. The standard InChI is InChI=1S/C7H5F3N2O2/c8-7(9,10)4-1-2-6(12(13)14)5(11)3-4/h1-3H,11H2. The van der Waals surface area contributed by atoms with Crippen LogP contribution in [0.3, 0.4) is 0 Å². The Kier molecular flexibility index (Phi) is 2.33. The topological polar surface area (TPSA) is 69.2 Å². The van der Waals surface area contributed by atoms with Gasteiger partial charge in [-0.3, -0.25) is 10.1 Å². The van der Waals surface area contributed by atoms with Gasteiger partial charge in [-0.05, 0) is 12.1 Å². The van der Waals surface area contributed by atoms with Crippen LogP contribution in [0.15, 0.2) is 18.2 Å². The van der Waals surface area contributed by atoms with E-state index in [-0.39, 0.29) is 0 Å². The van der Waals surface area contributed by atoms with Crippen molar-refractivity contribution >= 4 is 11.4 Å². The largest absolute Gasteiger partial charge is 0.416 e. The summed E-state index contributed by atoms with van der Waals surface area (Å²) in [5.41, 5.74) is 3.05. The van der Waals surface area contributed by atoms with Crippen molar-refractivity contribution in [2.75, 3.05) is 5.73 Å². The van der Waals surface area contributed by atoms with E-state index in [0.29, 0.717) is 12.1 Å². The van der Waals surface area contributed by atoms with Crippen molar-refractivity contribution < 1.29 is 18.1 Å². The lowest BCUT2D eigenvalue weighted by atomic mass is 10.1. The highest BCUT2D eigenvalue weighted by Crippen LogP contribution is 2.33. The summed E-state index contributed by atoms with van der Waals surface area (Å²) >= 11 is 0. The monoisotopic (exact) mass is 206 g/mol. The molecule has 0 radical (unpaired) electrons. The molecule has 2 N–H and O–H groups in total. The van der Waals surface area contributed by atoms with Crippen molar-refractivity contribution in [1.82, 2.24) is 0 Å². The second-order valence-corrected chi connectivity index (χ2v) is 2.53. The van der Waals surface area contributed by atoms with Crippen LogP contribution in [-0.4, -0.2) is 4.92 Å². The maximum absolute atomic E-state index is 12.1. The minimum Gasteiger partial charge on any atom is -0.393 e. The maximum Gasteiger partial charge on any atom is 0.416 e. The molecule has 0 aliphatic rings. The lowest BCUT2D eigenvalue weighted by Gasteiger charge is -2.06. The van der Waals surface area contributed by atoms with Crippen LogP contribution in [0, 0.1) is 10.1 Å². The number of nitrogens with two attached hydrogens (primary N) is 1. The van der Waals surface area contributed by atoms with E-state index in [2.05, 4.69) is 0 Å². The van der Waals surface area contributed by atoms with Crippen LogP contribution < -0.4 is 5.73 Å². The van der Waals surface area contributed by atoms with Gasteiger partial charge in [-0.1, -0.05) is 0 Å². The Balaban J connectivity index is 3.20. The van der Waals surface area contributed by atoms with Gasteiger partial charge < -0.3 is 5.73 Å². The molecule has 0 unspecified atom stereocenters. The van der Waals surface area contributed by atoms with Crippen molar-refractivity contribution in [3.8, 4) is 0 Å². The number of nitro groups is 1. The van der Waals surface area contributed by atoms with Crippen molar-refractivity contribution in [2.24, 2.45) is 0 Å². The van der Waals surface area contributed by atoms with Gasteiger partial charge in [0.15, 0.2) is 0 Å². The molecule has 0 amide bonds. The number of nitrogen functional groups attached to an aromatic ring is 1. The zero-order valence-corrected chi connectivity index (χ0v) is 6.71. The van der Waals surface area contributed by atoms with E-state index in [4.69, 9.17) is 5.73 Å². The van der Waals surface area contributed by atoms with Gasteiger partial charge in [-0.2, -0.15) is 13.2 Å². The average molecular weight is 206 g/mol. The number of hydrogen-bond acceptors (Lipinski definition) is 3. The van der Waals surface area contributed by atoms with Crippen molar-refractivity contribution in [3.63, 3.8) is 0 Å². The highest BCUT2D eigenvalue weighted by Gasteiger charge is 2.31. The number of hydrogen-bond donors (Lipinski definition) is 1. The first-order chi connectivity index (χ1) is 6.32. The second kappa shape index (κ2) is 3.17. The minimum absolute atomic E-state index is 0.496. The normalized spacial score (nSPS) is 11.4. The van der Waals surface area contributed by atoms with Crippen molar-refractivity contribution in [3.05, 3.63) is 33.9 Å². The number of anilines is 1. The first-order valence-corrected chi connectivity index (χ1v) is 3.43. The number of nitro benzene ring substituents is 1. The van der Waals surface area contributed by atoms with Crippen LogP contribution in [-0.2, 0) is 6.18 Å².